The summed E-state index contributed by atoms with van der Waals surface area (Å²) < 4.78 is 0. The summed E-state index contributed by atoms with van der Waals surface area (Å²) in [4.78, 5) is 34.9. The fraction of sp³-hybridized carbons (Fsp3) is 0.408. The Morgan fingerprint density at radius 1 is 0.314 bits per heavy atom. The number of aryl methyl sites for hydroxylation is 5. The van der Waals surface area contributed by atoms with Crippen LogP contribution in [0.25, 0.3) is 78.8 Å². The number of benzene rings is 7. The van der Waals surface area contributed by atoms with Crippen LogP contribution in [0.5, 0.6) is 0 Å². The Kier molecular flexibility index (Phi) is 52.7. The van der Waals surface area contributed by atoms with Crippen LogP contribution in [0.2, 0.25) is 0 Å². The first-order valence-electron chi connectivity index (χ1n) is 39.4. The van der Waals surface area contributed by atoms with Crippen molar-refractivity contribution in [1.82, 2.24) is 39.9 Å². The zero-order chi connectivity index (χ0) is 85.0. The number of hydrogen-bond acceptors (Lipinski definition) is 16. The normalized spacial score (nSPS) is 12.8. The largest absolute Gasteiger partial charge is 0.393 e. The average Bonchev–Trinajstić information content (AvgIpc) is 0.795. The van der Waals surface area contributed by atoms with Crippen LogP contribution in [0.4, 0.5) is 0 Å². The van der Waals surface area contributed by atoms with Crippen LogP contribution in [0, 0.1) is 88.5 Å². The van der Waals surface area contributed by atoms with Gasteiger partial charge in [0.15, 0.2) is 0 Å². The Balaban J connectivity index is 0.00000135. The van der Waals surface area contributed by atoms with Crippen LogP contribution in [0.1, 0.15) is 182 Å². The molecule has 118 heavy (non-hydrogen) atoms. The predicted molar refractivity (Wildman–Crippen MR) is 466 cm³/mol. The molecule has 0 saturated carbocycles. The Morgan fingerprint density at radius 2 is 0.669 bits per heavy atom. The summed E-state index contributed by atoms with van der Waals surface area (Å²) in [5.41, 5.74) is 21.9. The number of aromatic nitrogens is 8. The van der Waals surface area contributed by atoms with E-state index >= 15 is 0 Å². The van der Waals surface area contributed by atoms with Gasteiger partial charge >= 0.3 is 0 Å². The van der Waals surface area contributed by atoms with Gasteiger partial charge in [0.25, 0.3) is 0 Å². The minimum Gasteiger partial charge on any atom is -0.393 e. The van der Waals surface area contributed by atoms with Gasteiger partial charge < -0.3 is 40.9 Å². The second-order valence-corrected chi connectivity index (χ2v) is 33.2. The molecular formula is C98H128Ir4N8O8-4. The van der Waals surface area contributed by atoms with Crippen molar-refractivity contribution < 1.29 is 121 Å². The van der Waals surface area contributed by atoms with Crippen LogP contribution in [0.3, 0.4) is 0 Å². The van der Waals surface area contributed by atoms with Crippen LogP contribution in [0.15, 0.2) is 201 Å². The molecule has 11 rings (SSSR count). The Bertz CT molecular complexity index is 4270. The van der Waals surface area contributed by atoms with Crippen molar-refractivity contribution in [2.45, 2.75) is 239 Å². The molecule has 0 aliphatic carbocycles. The van der Waals surface area contributed by atoms with E-state index in [0.29, 0.717) is 25.7 Å². The monoisotopic (exact) mass is 2320 g/mol. The first-order chi connectivity index (χ1) is 53.5. The Labute approximate surface area is 760 Å². The fourth-order valence-corrected chi connectivity index (χ4v) is 10.9. The summed E-state index contributed by atoms with van der Waals surface area (Å²) in [6.07, 6.45) is 5.25. The summed E-state index contributed by atoms with van der Waals surface area (Å²) in [6, 6.07) is 71.7. The molecule has 0 bridgehead atoms. The van der Waals surface area contributed by atoms with E-state index in [1.807, 2.05) is 184 Å². The smallest absolute Gasteiger partial charge is 0.106 e. The van der Waals surface area contributed by atoms with Gasteiger partial charge in [-0.05, 0) is 154 Å². The van der Waals surface area contributed by atoms with Crippen molar-refractivity contribution in [3.05, 3.63) is 265 Å². The third-order valence-electron chi connectivity index (χ3n) is 18.1. The number of aliphatic hydroxyl groups is 8. The number of nitrogens with zero attached hydrogens (tertiary/aromatic N) is 8. The van der Waals surface area contributed by atoms with E-state index in [-0.39, 0.29) is 145 Å². The molecule has 7 aromatic carbocycles. The van der Waals surface area contributed by atoms with Crippen molar-refractivity contribution in [2.75, 3.05) is 0 Å². The SMILES string of the molecule is CC(C)(C)C(O)CC(O)C(C)(C)C.CC(C)(C)c1cc(-c2[c-]cccc2)ncn1.CC(C)C(O)CC(O)C(C)C.CC(O)CC(C)O.CC(O)CC(C)O.Cc1cc[c-]c(-c2cc(-c3cccc(C)c3)ncn2)c1.Cc1cc[c-]c(-c2cc(-c3cccc(C)c3)ncn2)c1.Cc1ccccc1-c1ncnc(-c2[c-]cccc2)c1C.[Ir].[Ir].[Ir].[Ir]. The van der Waals surface area contributed by atoms with Gasteiger partial charge in [-0.15, -0.1) is 143 Å². The minimum atomic E-state index is -0.443. The quantitative estimate of drug-likeness (QED) is 0.0394. The number of rotatable bonds is 17. The average molecular weight is 2320 g/mol. The Hall–Kier alpha value is -6.86. The third kappa shape index (κ3) is 42.1. The molecule has 4 radical (unpaired) electrons. The zero-order valence-electron chi connectivity index (χ0n) is 73.1. The van der Waals surface area contributed by atoms with Gasteiger partial charge in [-0.25, -0.2) is 19.9 Å². The molecule has 8 unspecified atom stereocenters. The summed E-state index contributed by atoms with van der Waals surface area (Å²) in [5, 5.41) is 72.5. The van der Waals surface area contributed by atoms with Crippen molar-refractivity contribution in [1.29, 1.82) is 0 Å². The van der Waals surface area contributed by atoms with E-state index in [2.05, 4.69) is 187 Å². The van der Waals surface area contributed by atoms with Gasteiger partial charge in [0.2, 0.25) is 0 Å². The van der Waals surface area contributed by atoms with Gasteiger partial charge in [-0.2, -0.15) is 0 Å². The minimum absolute atomic E-state index is 0. The molecule has 4 aromatic heterocycles. The molecule has 0 aliphatic heterocycles. The summed E-state index contributed by atoms with van der Waals surface area (Å²) >= 11 is 0. The molecule has 8 N–H and O–H groups in total. The number of hydrogen-bond donors (Lipinski definition) is 8. The maximum absolute atomic E-state index is 9.76. The van der Waals surface area contributed by atoms with Crippen LogP contribution in [-0.4, -0.2) is 130 Å². The van der Waals surface area contributed by atoms with Crippen LogP contribution in [-0.2, 0) is 85.8 Å². The second kappa shape index (κ2) is 55.9. The Morgan fingerprint density at radius 3 is 1.03 bits per heavy atom. The molecule has 20 heteroatoms. The molecule has 0 fully saturated rings. The molecule has 0 spiro atoms. The number of aliphatic hydroxyl groups excluding tert-OH is 8. The molecule has 4 heterocycles. The van der Waals surface area contributed by atoms with E-state index in [1.165, 1.54) is 27.8 Å². The van der Waals surface area contributed by atoms with E-state index in [9.17, 15) is 20.4 Å². The van der Waals surface area contributed by atoms with E-state index in [4.69, 9.17) is 20.4 Å². The van der Waals surface area contributed by atoms with E-state index in [1.54, 1.807) is 53.0 Å². The summed E-state index contributed by atoms with van der Waals surface area (Å²) in [6.45, 7) is 45.3. The van der Waals surface area contributed by atoms with Crippen molar-refractivity contribution in [3.63, 3.8) is 0 Å². The van der Waals surface area contributed by atoms with Crippen LogP contribution >= 0.6 is 0 Å². The third-order valence-corrected chi connectivity index (χ3v) is 18.1. The first kappa shape index (κ1) is 111. The van der Waals surface area contributed by atoms with Crippen molar-refractivity contribution in [3.8, 4) is 78.8 Å². The molecule has 0 saturated heterocycles. The van der Waals surface area contributed by atoms with Gasteiger partial charge in [-0.3, -0.25) is 19.9 Å². The fourth-order valence-electron chi connectivity index (χ4n) is 10.9. The van der Waals surface area contributed by atoms with Gasteiger partial charge in [0.1, 0.15) is 25.3 Å². The van der Waals surface area contributed by atoms with E-state index < -0.39 is 12.2 Å². The zero-order valence-corrected chi connectivity index (χ0v) is 82.7. The molecule has 648 valence electrons. The summed E-state index contributed by atoms with van der Waals surface area (Å²) in [7, 11) is 0. The topological polar surface area (TPSA) is 265 Å². The molecule has 0 amide bonds. The maximum atomic E-state index is 9.76. The van der Waals surface area contributed by atoms with E-state index in [0.717, 1.165) is 90.1 Å². The van der Waals surface area contributed by atoms with Crippen LogP contribution < -0.4 is 0 Å². The van der Waals surface area contributed by atoms with Gasteiger partial charge in [0, 0.05) is 104 Å². The van der Waals surface area contributed by atoms with Gasteiger partial charge in [0.05, 0.1) is 65.9 Å². The van der Waals surface area contributed by atoms with Gasteiger partial charge in [-0.1, -0.05) is 194 Å². The molecule has 0 aliphatic rings. The van der Waals surface area contributed by atoms with Crippen molar-refractivity contribution in [2.24, 2.45) is 22.7 Å². The standard InChI is InChI=1S/3C18H15N2.C14H15N2.C11H24O2.C9H20O2.2C5H12O2.4Ir/c2*1-13-5-3-7-15(9-13)17-11-18(20-12-19-17)16-8-4-6-14(2)10-16;1-13-8-6-7-11-16(13)18-14(2)17(19-12-20-18)15-9-4-3-5-10-15;1-14(2,3)13-9-12(15-10-16-13)11-7-5-4-6-8-11;1-10(2,3)8(12)7-9(13)11(4,5)6;1-6(2)8(10)5-9(11)7(3)4;2*1-4(6)3-5(2)7;;;;/h2*3-7,9-12H,1-2H3;3-9,11-12H,1-2H3;4-7,9-10H,1-3H3;8-9,12-13H,7H2,1-6H3;6-11H,5H2,1-4H3;2*4-7H,3H2,1-2H3;;;;/q4*-1;;;;;;;;. The predicted octanol–water partition coefficient (Wildman–Crippen LogP) is 19.8. The molecule has 16 nitrogen and oxygen atoms in total. The van der Waals surface area contributed by atoms with Crippen molar-refractivity contribution >= 4 is 0 Å². The first-order valence-corrected chi connectivity index (χ1v) is 39.4. The summed E-state index contributed by atoms with van der Waals surface area (Å²) in [5.74, 6) is 0.479. The molecule has 8 atom stereocenters. The maximum Gasteiger partial charge on any atom is 0.106 e. The molecular weight excluding hydrogens is 2190 g/mol. The molecule has 11 aromatic rings. The second-order valence-electron chi connectivity index (χ2n) is 33.2.